The Bertz CT molecular complexity index is 345. The molecule has 0 aliphatic rings. The van der Waals surface area contributed by atoms with Crippen molar-refractivity contribution >= 4 is 11.8 Å². The number of nitrogens with two attached hydrogens (primary N) is 1. The van der Waals surface area contributed by atoms with Crippen molar-refractivity contribution in [3.63, 3.8) is 0 Å². The van der Waals surface area contributed by atoms with E-state index in [0.29, 0.717) is 12.1 Å². The molecule has 76 valence electrons. The summed E-state index contributed by atoms with van der Waals surface area (Å²) in [6.07, 6.45) is 3.23. The van der Waals surface area contributed by atoms with Crippen LogP contribution in [-0.4, -0.2) is 28.6 Å². The quantitative estimate of drug-likeness (QED) is 0.655. The van der Waals surface area contributed by atoms with Gasteiger partial charge in [0.1, 0.15) is 0 Å². The molecule has 1 aromatic heterocycles. The van der Waals surface area contributed by atoms with Crippen molar-refractivity contribution in [2.24, 2.45) is 5.73 Å². The molecule has 0 fully saturated rings. The van der Waals surface area contributed by atoms with Crippen molar-refractivity contribution in [2.45, 2.75) is 13.0 Å². The van der Waals surface area contributed by atoms with Crippen LogP contribution in [-0.2, 0) is 11.3 Å². The normalized spacial score (nSPS) is 9.79. The molecule has 1 rings (SSSR count). The standard InChI is InChI=1S/C8H12N4O2/c1-10-8(14)6-4-11-12(5-6)3-2-7(9)13/h4-5H,2-3H2,1H3,(H2,9,13)(H,10,14). The fourth-order valence-electron chi connectivity index (χ4n) is 0.972. The summed E-state index contributed by atoms with van der Waals surface area (Å²) in [5.74, 6) is -0.586. The fraction of sp³-hybridized carbons (Fsp3) is 0.375. The van der Waals surface area contributed by atoms with Crippen LogP contribution >= 0.6 is 0 Å². The molecule has 3 N–H and O–H groups in total. The first-order valence-corrected chi connectivity index (χ1v) is 4.16. The fourth-order valence-corrected chi connectivity index (χ4v) is 0.972. The Morgan fingerprint density at radius 3 is 2.93 bits per heavy atom. The number of aryl methyl sites for hydroxylation is 1. The van der Waals surface area contributed by atoms with Crippen LogP contribution in [0.25, 0.3) is 0 Å². The summed E-state index contributed by atoms with van der Waals surface area (Å²) in [5, 5.41) is 6.38. The zero-order valence-electron chi connectivity index (χ0n) is 7.86. The third-order valence-corrected chi connectivity index (χ3v) is 1.71. The first-order valence-electron chi connectivity index (χ1n) is 4.16. The van der Waals surface area contributed by atoms with Crippen molar-refractivity contribution in [2.75, 3.05) is 7.05 Å². The highest BCUT2D eigenvalue weighted by atomic mass is 16.2. The number of rotatable bonds is 4. The number of amides is 2. The molecule has 0 spiro atoms. The van der Waals surface area contributed by atoms with Gasteiger partial charge in [0.25, 0.3) is 5.91 Å². The average molecular weight is 196 g/mol. The summed E-state index contributed by atoms with van der Waals surface area (Å²) in [7, 11) is 1.54. The van der Waals surface area contributed by atoms with Crippen molar-refractivity contribution in [3.8, 4) is 0 Å². The largest absolute Gasteiger partial charge is 0.370 e. The van der Waals surface area contributed by atoms with E-state index in [9.17, 15) is 9.59 Å². The SMILES string of the molecule is CNC(=O)c1cnn(CCC(N)=O)c1. The van der Waals surface area contributed by atoms with Gasteiger partial charge in [-0.05, 0) is 0 Å². The van der Waals surface area contributed by atoms with Crippen molar-refractivity contribution in [1.29, 1.82) is 0 Å². The lowest BCUT2D eigenvalue weighted by Crippen LogP contribution is -2.17. The van der Waals surface area contributed by atoms with Crippen LogP contribution in [0.2, 0.25) is 0 Å². The molecule has 0 bridgehead atoms. The van der Waals surface area contributed by atoms with E-state index in [4.69, 9.17) is 5.73 Å². The molecule has 0 unspecified atom stereocenters. The Morgan fingerprint density at radius 1 is 1.64 bits per heavy atom. The predicted molar refractivity (Wildman–Crippen MR) is 49.4 cm³/mol. The topological polar surface area (TPSA) is 90.0 Å². The molecule has 2 amide bonds. The first kappa shape index (κ1) is 10.2. The number of hydrogen-bond acceptors (Lipinski definition) is 3. The Hall–Kier alpha value is -1.85. The number of nitrogens with zero attached hydrogens (tertiary/aromatic N) is 2. The minimum absolute atomic E-state index is 0.199. The maximum atomic E-state index is 11.1. The molecule has 0 aromatic carbocycles. The van der Waals surface area contributed by atoms with Crippen LogP contribution in [0.5, 0.6) is 0 Å². The molecule has 1 aromatic rings. The minimum atomic E-state index is -0.387. The van der Waals surface area contributed by atoms with E-state index < -0.39 is 0 Å². The summed E-state index contributed by atoms with van der Waals surface area (Å²) >= 11 is 0. The van der Waals surface area contributed by atoms with Crippen LogP contribution in [0.15, 0.2) is 12.4 Å². The van der Waals surface area contributed by atoms with Gasteiger partial charge < -0.3 is 11.1 Å². The van der Waals surface area contributed by atoms with Gasteiger partial charge in [-0.1, -0.05) is 0 Å². The van der Waals surface area contributed by atoms with E-state index in [2.05, 4.69) is 10.4 Å². The van der Waals surface area contributed by atoms with Gasteiger partial charge in [0.05, 0.1) is 11.8 Å². The van der Waals surface area contributed by atoms with Gasteiger partial charge in [0, 0.05) is 26.2 Å². The van der Waals surface area contributed by atoms with E-state index in [1.54, 1.807) is 13.2 Å². The third kappa shape index (κ3) is 2.58. The zero-order valence-corrected chi connectivity index (χ0v) is 7.86. The lowest BCUT2D eigenvalue weighted by atomic mass is 10.3. The van der Waals surface area contributed by atoms with Gasteiger partial charge in [0.2, 0.25) is 5.91 Å². The van der Waals surface area contributed by atoms with E-state index in [0.717, 1.165) is 0 Å². The summed E-state index contributed by atoms with van der Waals surface area (Å²) in [6, 6.07) is 0. The third-order valence-electron chi connectivity index (χ3n) is 1.71. The van der Waals surface area contributed by atoms with Crippen molar-refractivity contribution in [1.82, 2.24) is 15.1 Å². The van der Waals surface area contributed by atoms with Gasteiger partial charge in [-0.25, -0.2) is 0 Å². The second-order valence-corrected chi connectivity index (χ2v) is 2.79. The van der Waals surface area contributed by atoms with Crippen LogP contribution in [0.1, 0.15) is 16.8 Å². The van der Waals surface area contributed by atoms with Gasteiger partial charge in [0.15, 0.2) is 0 Å². The highest BCUT2D eigenvalue weighted by Gasteiger charge is 2.06. The molecule has 6 heteroatoms. The molecule has 6 nitrogen and oxygen atoms in total. The monoisotopic (exact) mass is 196 g/mol. The van der Waals surface area contributed by atoms with Gasteiger partial charge >= 0.3 is 0 Å². The van der Waals surface area contributed by atoms with Crippen LogP contribution < -0.4 is 11.1 Å². The molecular weight excluding hydrogens is 184 g/mol. The van der Waals surface area contributed by atoms with Gasteiger partial charge in [-0.2, -0.15) is 5.10 Å². The maximum absolute atomic E-state index is 11.1. The van der Waals surface area contributed by atoms with Crippen molar-refractivity contribution < 1.29 is 9.59 Å². The summed E-state index contributed by atoms with van der Waals surface area (Å²) in [5.41, 5.74) is 5.44. The molecule has 0 aliphatic heterocycles. The second-order valence-electron chi connectivity index (χ2n) is 2.79. The number of primary amides is 1. The average Bonchev–Trinajstić information content (AvgIpc) is 2.62. The maximum Gasteiger partial charge on any atom is 0.254 e. The second kappa shape index (κ2) is 4.40. The van der Waals surface area contributed by atoms with Crippen LogP contribution in [0.4, 0.5) is 0 Å². The Kier molecular flexibility index (Phi) is 3.22. The van der Waals surface area contributed by atoms with E-state index in [1.807, 2.05) is 0 Å². The lowest BCUT2D eigenvalue weighted by Gasteiger charge is -1.96. The smallest absolute Gasteiger partial charge is 0.254 e. The number of nitrogens with one attached hydrogen (secondary N) is 1. The molecule has 0 saturated carbocycles. The van der Waals surface area contributed by atoms with Gasteiger partial charge in [-0.15, -0.1) is 0 Å². The van der Waals surface area contributed by atoms with Gasteiger partial charge in [-0.3, -0.25) is 14.3 Å². The number of carbonyl (C=O) groups is 2. The number of aromatic nitrogens is 2. The van der Waals surface area contributed by atoms with E-state index in [1.165, 1.54) is 10.9 Å². The predicted octanol–water partition coefficient (Wildman–Crippen LogP) is -0.882. The molecular formula is C8H12N4O2. The summed E-state index contributed by atoms with van der Waals surface area (Å²) < 4.78 is 1.51. The van der Waals surface area contributed by atoms with E-state index in [-0.39, 0.29) is 18.2 Å². The zero-order chi connectivity index (χ0) is 10.6. The molecule has 14 heavy (non-hydrogen) atoms. The summed E-state index contributed by atoms with van der Waals surface area (Å²) in [6.45, 7) is 0.395. The van der Waals surface area contributed by atoms with E-state index >= 15 is 0 Å². The molecule has 0 atom stereocenters. The van der Waals surface area contributed by atoms with Crippen LogP contribution in [0, 0.1) is 0 Å². The molecule has 0 radical (unpaired) electrons. The number of hydrogen-bond donors (Lipinski definition) is 2. The molecule has 0 saturated heterocycles. The molecule has 1 heterocycles. The highest BCUT2D eigenvalue weighted by Crippen LogP contribution is 1.98. The molecule has 0 aliphatic carbocycles. The Morgan fingerprint density at radius 2 is 2.36 bits per heavy atom. The van der Waals surface area contributed by atoms with Crippen LogP contribution in [0.3, 0.4) is 0 Å². The minimum Gasteiger partial charge on any atom is -0.370 e. The Labute approximate surface area is 81.1 Å². The first-order chi connectivity index (χ1) is 6.63. The Balaban J connectivity index is 2.59. The number of carbonyl (C=O) groups excluding carboxylic acids is 2. The highest BCUT2D eigenvalue weighted by molar-refractivity contribution is 5.93. The summed E-state index contributed by atoms with van der Waals surface area (Å²) in [4.78, 5) is 21.6. The van der Waals surface area contributed by atoms with Crippen molar-refractivity contribution in [3.05, 3.63) is 18.0 Å². The lowest BCUT2D eigenvalue weighted by molar-refractivity contribution is -0.118.